The van der Waals surface area contributed by atoms with Crippen molar-refractivity contribution in [2.75, 3.05) is 18.0 Å². The van der Waals surface area contributed by atoms with Crippen LogP contribution in [-0.4, -0.2) is 38.6 Å². The first-order valence-electron chi connectivity index (χ1n) is 9.17. The molecule has 2 aromatic rings. The highest BCUT2D eigenvalue weighted by Gasteiger charge is 2.32. The molecule has 0 saturated carbocycles. The minimum Gasteiger partial charge on any atom is -0.497 e. The van der Waals surface area contributed by atoms with Crippen molar-refractivity contribution in [3.8, 4) is 5.75 Å². The highest BCUT2D eigenvalue weighted by molar-refractivity contribution is 7.92. The van der Waals surface area contributed by atoms with Gasteiger partial charge in [0.25, 0.3) is 10.0 Å². The Kier molecular flexibility index (Phi) is 5.66. The molecule has 7 nitrogen and oxygen atoms in total. The molecule has 8 heteroatoms. The van der Waals surface area contributed by atoms with Gasteiger partial charge in [0, 0.05) is 18.8 Å². The molecule has 1 aromatic carbocycles. The van der Waals surface area contributed by atoms with Crippen LogP contribution in [-0.2, 0) is 26.0 Å². The SMILES string of the molecule is COc1ccc(S(=O)(=O)N2CCc3cc(C=CC(=O)OC(C)(C)C)cnc32)cc1. The van der Waals surface area contributed by atoms with Gasteiger partial charge in [-0.15, -0.1) is 0 Å². The summed E-state index contributed by atoms with van der Waals surface area (Å²) in [5, 5.41) is 0. The van der Waals surface area contributed by atoms with Crippen LogP contribution in [0, 0.1) is 0 Å². The third kappa shape index (κ3) is 4.76. The molecule has 0 fully saturated rings. The Morgan fingerprint density at radius 2 is 1.90 bits per heavy atom. The van der Waals surface area contributed by atoms with Crippen LogP contribution in [0.2, 0.25) is 0 Å². The van der Waals surface area contributed by atoms with Crippen molar-refractivity contribution in [3.63, 3.8) is 0 Å². The average Bonchev–Trinajstić information content (AvgIpc) is 3.09. The topological polar surface area (TPSA) is 85.8 Å². The summed E-state index contributed by atoms with van der Waals surface area (Å²) < 4.78 is 37.6. The summed E-state index contributed by atoms with van der Waals surface area (Å²) in [5.74, 6) is 0.558. The summed E-state index contributed by atoms with van der Waals surface area (Å²) >= 11 is 0. The fraction of sp³-hybridized carbons (Fsp3) is 0.333. The van der Waals surface area contributed by atoms with Crippen LogP contribution < -0.4 is 9.04 Å². The van der Waals surface area contributed by atoms with E-state index in [0.29, 0.717) is 30.1 Å². The van der Waals surface area contributed by atoms with Crippen LogP contribution in [0.5, 0.6) is 5.75 Å². The third-order valence-corrected chi connectivity index (χ3v) is 6.05. The fourth-order valence-corrected chi connectivity index (χ4v) is 4.42. The van der Waals surface area contributed by atoms with Gasteiger partial charge in [-0.05, 0) is 74.7 Å². The van der Waals surface area contributed by atoms with Crippen LogP contribution in [0.15, 0.2) is 47.5 Å². The average molecular weight is 416 g/mol. The predicted molar refractivity (Wildman–Crippen MR) is 110 cm³/mol. The summed E-state index contributed by atoms with van der Waals surface area (Å²) in [6.07, 6.45) is 5.05. The number of benzene rings is 1. The van der Waals surface area contributed by atoms with Crippen molar-refractivity contribution in [1.82, 2.24) is 4.98 Å². The van der Waals surface area contributed by atoms with E-state index < -0.39 is 21.6 Å². The summed E-state index contributed by atoms with van der Waals surface area (Å²) in [6, 6.07) is 8.10. The van der Waals surface area contributed by atoms with Crippen molar-refractivity contribution in [2.45, 2.75) is 37.7 Å². The van der Waals surface area contributed by atoms with Gasteiger partial charge < -0.3 is 9.47 Å². The number of ether oxygens (including phenoxy) is 2. The molecule has 1 aliphatic rings. The van der Waals surface area contributed by atoms with Gasteiger partial charge in [-0.1, -0.05) is 0 Å². The van der Waals surface area contributed by atoms with Crippen LogP contribution in [0.4, 0.5) is 5.82 Å². The van der Waals surface area contributed by atoms with Crippen LogP contribution >= 0.6 is 0 Å². The van der Waals surface area contributed by atoms with Crippen LogP contribution in [0.1, 0.15) is 31.9 Å². The van der Waals surface area contributed by atoms with E-state index in [4.69, 9.17) is 9.47 Å². The number of pyridine rings is 1. The van der Waals surface area contributed by atoms with E-state index in [-0.39, 0.29) is 4.90 Å². The largest absolute Gasteiger partial charge is 0.497 e. The Bertz CT molecular complexity index is 1040. The second-order valence-electron chi connectivity index (χ2n) is 7.62. The van der Waals surface area contributed by atoms with E-state index in [1.807, 2.05) is 6.07 Å². The zero-order valence-electron chi connectivity index (χ0n) is 16.9. The maximum absolute atomic E-state index is 13.0. The zero-order valence-corrected chi connectivity index (χ0v) is 17.7. The summed E-state index contributed by atoms with van der Waals surface area (Å²) in [7, 11) is -2.19. The molecule has 0 radical (unpaired) electrons. The van der Waals surface area contributed by atoms with Crippen LogP contribution in [0.25, 0.3) is 6.08 Å². The highest BCUT2D eigenvalue weighted by atomic mass is 32.2. The van der Waals surface area contributed by atoms with Gasteiger partial charge in [-0.25, -0.2) is 22.5 Å². The van der Waals surface area contributed by atoms with E-state index in [1.54, 1.807) is 45.2 Å². The van der Waals surface area contributed by atoms with Crippen LogP contribution in [0.3, 0.4) is 0 Å². The number of carbonyl (C=O) groups excluding carboxylic acids is 1. The van der Waals surface area contributed by atoms with Crippen molar-refractivity contribution in [3.05, 3.63) is 53.7 Å². The zero-order chi connectivity index (χ0) is 21.2. The molecule has 0 spiro atoms. The number of carbonyl (C=O) groups is 1. The number of anilines is 1. The lowest BCUT2D eigenvalue weighted by molar-refractivity contribution is -0.148. The van der Waals surface area contributed by atoms with Gasteiger partial charge in [0.15, 0.2) is 0 Å². The first-order chi connectivity index (χ1) is 13.6. The predicted octanol–water partition coefficient (Wildman–Crippen LogP) is 3.20. The molecule has 0 aliphatic carbocycles. The van der Waals surface area contributed by atoms with Crippen molar-refractivity contribution >= 4 is 27.9 Å². The Labute approximate surface area is 171 Å². The van der Waals surface area contributed by atoms with Gasteiger partial charge in [0.1, 0.15) is 17.2 Å². The molecule has 0 amide bonds. The highest BCUT2D eigenvalue weighted by Crippen LogP contribution is 2.32. The van der Waals surface area contributed by atoms with Crippen molar-refractivity contribution in [1.29, 1.82) is 0 Å². The fourth-order valence-electron chi connectivity index (χ4n) is 2.96. The number of esters is 1. The maximum atomic E-state index is 13.0. The smallest absolute Gasteiger partial charge is 0.331 e. The van der Waals surface area contributed by atoms with Crippen molar-refractivity contribution in [2.24, 2.45) is 0 Å². The number of hydrogen-bond donors (Lipinski definition) is 0. The van der Waals surface area contributed by atoms with E-state index >= 15 is 0 Å². The second-order valence-corrected chi connectivity index (χ2v) is 9.48. The number of sulfonamides is 1. The Balaban J connectivity index is 1.80. The quantitative estimate of drug-likeness (QED) is 0.550. The van der Waals surface area contributed by atoms with Gasteiger partial charge >= 0.3 is 5.97 Å². The molecule has 0 unspecified atom stereocenters. The van der Waals surface area contributed by atoms with Gasteiger partial charge in [0.2, 0.25) is 0 Å². The Morgan fingerprint density at radius 3 is 2.52 bits per heavy atom. The molecule has 154 valence electrons. The molecular formula is C21H24N2O5S. The standard InChI is InChI=1S/C21H24N2O5S/c1-21(2,3)28-19(24)10-5-15-13-16-11-12-23(20(16)22-14-15)29(25,26)18-8-6-17(27-4)7-9-18/h5-10,13-14H,11-12H2,1-4H3. The lowest BCUT2D eigenvalue weighted by atomic mass is 10.1. The first-order valence-corrected chi connectivity index (χ1v) is 10.6. The number of hydrogen-bond acceptors (Lipinski definition) is 6. The summed E-state index contributed by atoms with van der Waals surface area (Å²) in [6.45, 7) is 5.71. The first kappa shape index (κ1) is 20.9. The second kappa shape index (κ2) is 7.87. The van der Waals surface area contributed by atoms with Crippen molar-refractivity contribution < 1.29 is 22.7 Å². The molecule has 3 rings (SSSR count). The molecule has 29 heavy (non-hydrogen) atoms. The molecule has 0 bridgehead atoms. The molecule has 2 heterocycles. The minimum absolute atomic E-state index is 0.182. The molecule has 0 N–H and O–H groups in total. The van der Waals surface area contributed by atoms with E-state index in [0.717, 1.165) is 5.56 Å². The molecular weight excluding hydrogens is 392 g/mol. The molecule has 1 aromatic heterocycles. The number of nitrogens with zero attached hydrogens (tertiary/aromatic N) is 2. The van der Waals surface area contributed by atoms with E-state index in [1.165, 1.54) is 29.6 Å². The lowest BCUT2D eigenvalue weighted by Gasteiger charge is -2.19. The third-order valence-electron chi connectivity index (χ3n) is 4.25. The number of methoxy groups -OCH3 is 1. The minimum atomic E-state index is -3.71. The maximum Gasteiger partial charge on any atom is 0.331 e. The molecule has 1 aliphatic heterocycles. The monoisotopic (exact) mass is 416 g/mol. The number of rotatable bonds is 5. The summed E-state index contributed by atoms with van der Waals surface area (Å²) in [4.78, 5) is 16.3. The molecule has 0 saturated heterocycles. The lowest BCUT2D eigenvalue weighted by Crippen LogP contribution is -2.29. The van der Waals surface area contributed by atoms with Gasteiger partial charge in [-0.2, -0.15) is 0 Å². The van der Waals surface area contributed by atoms with Gasteiger partial charge in [-0.3, -0.25) is 0 Å². The Morgan fingerprint density at radius 1 is 1.21 bits per heavy atom. The Hall–Kier alpha value is -2.87. The normalized spacial score (nSPS) is 14.1. The van der Waals surface area contributed by atoms with Gasteiger partial charge in [0.05, 0.1) is 12.0 Å². The van der Waals surface area contributed by atoms with E-state index in [9.17, 15) is 13.2 Å². The number of fused-ring (bicyclic) bond motifs is 1. The van der Waals surface area contributed by atoms with E-state index in [2.05, 4.69) is 4.98 Å². The summed E-state index contributed by atoms with van der Waals surface area (Å²) in [5.41, 5.74) is 0.959. The number of aromatic nitrogens is 1. The molecule has 0 atom stereocenters.